The van der Waals surface area contributed by atoms with Crippen molar-refractivity contribution in [3.05, 3.63) is 65.5 Å². The monoisotopic (exact) mass is 391 g/mol. The Morgan fingerprint density at radius 2 is 1.72 bits per heavy atom. The molecule has 2 heterocycles. The number of hydrogen-bond donors (Lipinski definition) is 1. The molecule has 0 unspecified atom stereocenters. The normalized spacial score (nSPS) is 19.1. The smallest absolute Gasteiger partial charge is 0.253 e. The Morgan fingerprint density at radius 1 is 1.03 bits per heavy atom. The second-order valence-corrected chi connectivity index (χ2v) is 8.36. The molecule has 1 aromatic carbocycles. The minimum absolute atomic E-state index is 0.0544. The Labute approximate surface area is 172 Å². The van der Waals surface area contributed by atoms with E-state index in [1.807, 2.05) is 35.2 Å². The summed E-state index contributed by atoms with van der Waals surface area (Å²) in [4.78, 5) is 31.0. The minimum atomic E-state index is -0.267. The highest BCUT2D eigenvalue weighted by molar-refractivity contribution is 5.94. The van der Waals surface area contributed by atoms with E-state index in [-0.39, 0.29) is 17.4 Å². The van der Waals surface area contributed by atoms with Crippen LogP contribution in [0.5, 0.6) is 0 Å². The van der Waals surface area contributed by atoms with Crippen molar-refractivity contribution in [2.45, 2.75) is 56.9 Å². The van der Waals surface area contributed by atoms with Gasteiger partial charge in [0.25, 0.3) is 5.91 Å². The molecule has 1 aromatic heterocycles. The predicted molar refractivity (Wildman–Crippen MR) is 113 cm³/mol. The highest BCUT2D eigenvalue weighted by Crippen LogP contribution is 2.39. The zero-order valence-electron chi connectivity index (χ0n) is 17.1. The lowest BCUT2D eigenvalue weighted by Gasteiger charge is -2.31. The molecule has 0 atom stereocenters. The topological polar surface area (TPSA) is 62.3 Å². The summed E-state index contributed by atoms with van der Waals surface area (Å²) in [5, 5.41) is 3.32. The van der Waals surface area contributed by atoms with E-state index in [9.17, 15) is 9.59 Å². The van der Waals surface area contributed by atoms with Crippen LogP contribution in [0.15, 0.2) is 48.7 Å². The fourth-order valence-corrected chi connectivity index (χ4v) is 4.78. The summed E-state index contributed by atoms with van der Waals surface area (Å²) < 4.78 is 0. The molecular formula is C24H29N3O2. The van der Waals surface area contributed by atoms with Gasteiger partial charge in [-0.3, -0.25) is 14.6 Å². The standard InChI is InChI=1S/C24H29N3O2/c1-18(28)27-15-11-19(12-16-27)22-10-9-20(17-25-22)23(29)26-24(13-5-6-14-24)21-7-3-2-4-8-21/h2-4,7-10,17,19H,5-6,11-16H2,1H3,(H,26,29). The molecule has 5 nitrogen and oxygen atoms in total. The number of aromatic nitrogens is 1. The first-order valence-corrected chi connectivity index (χ1v) is 10.7. The van der Waals surface area contributed by atoms with Crippen LogP contribution in [0.1, 0.15) is 73.0 Å². The zero-order chi connectivity index (χ0) is 20.3. The Kier molecular flexibility index (Phi) is 5.65. The van der Waals surface area contributed by atoms with Crippen molar-refractivity contribution in [1.82, 2.24) is 15.2 Å². The van der Waals surface area contributed by atoms with Gasteiger partial charge in [-0.15, -0.1) is 0 Å². The van der Waals surface area contributed by atoms with Crippen molar-refractivity contribution in [2.24, 2.45) is 0 Å². The molecule has 1 aliphatic heterocycles. The van der Waals surface area contributed by atoms with Crippen molar-refractivity contribution in [1.29, 1.82) is 0 Å². The molecule has 2 aliphatic rings. The van der Waals surface area contributed by atoms with Gasteiger partial charge in [-0.25, -0.2) is 0 Å². The Bertz CT molecular complexity index is 849. The fourth-order valence-electron chi connectivity index (χ4n) is 4.78. The molecule has 4 rings (SSSR count). The molecule has 1 saturated carbocycles. The van der Waals surface area contributed by atoms with Gasteiger partial charge in [0.1, 0.15) is 0 Å². The van der Waals surface area contributed by atoms with E-state index in [1.54, 1.807) is 13.1 Å². The van der Waals surface area contributed by atoms with Gasteiger partial charge in [0, 0.05) is 37.8 Å². The number of rotatable bonds is 4. The second kappa shape index (κ2) is 8.36. The van der Waals surface area contributed by atoms with Gasteiger partial charge in [-0.2, -0.15) is 0 Å². The minimum Gasteiger partial charge on any atom is -0.343 e. The molecule has 0 bridgehead atoms. The highest BCUT2D eigenvalue weighted by atomic mass is 16.2. The molecule has 2 aromatic rings. The number of carbonyl (C=O) groups is 2. The second-order valence-electron chi connectivity index (χ2n) is 8.36. The van der Waals surface area contributed by atoms with Crippen molar-refractivity contribution in [3.8, 4) is 0 Å². The molecule has 5 heteroatoms. The van der Waals surface area contributed by atoms with E-state index in [4.69, 9.17) is 0 Å². The van der Waals surface area contributed by atoms with Crippen molar-refractivity contribution < 1.29 is 9.59 Å². The van der Waals surface area contributed by atoms with Crippen LogP contribution in [0.2, 0.25) is 0 Å². The number of benzene rings is 1. The lowest BCUT2D eigenvalue weighted by Crippen LogP contribution is -2.43. The Hall–Kier alpha value is -2.69. The van der Waals surface area contributed by atoms with E-state index in [2.05, 4.69) is 22.4 Å². The highest BCUT2D eigenvalue weighted by Gasteiger charge is 2.37. The molecule has 29 heavy (non-hydrogen) atoms. The van der Waals surface area contributed by atoms with E-state index >= 15 is 0 Å². The summed E-state index contributed by atoms with van der Waals surface area (Å²) in [6.07, 6.45) is 7.77. The molecule has 1 saturated heterocycles. The average molecular weight is 392 g/mol. The first-order valence-electron chi connectivity index (χ1n) is 10.7. The maximum absolute atomic E-state index is 13.0. The van der Waals surface area contributed by atoms with Gasteiger partial charge >= 0.3 is 0 Å². The molecule has 2 amide bonds. The number of carbonyl (C=O) groups excluding carboxylic acids is 2. The van der Waals surface area contributed by atoms with Gasteiger partial charge in [-0.1, -0.05) is 43.2 Å². The van der Waals surface area contributed by atoms with Gasteiger partial charge in [0.05, 0.1) is 11.1 Å². The van der Waals surface area contributed by atoms with Gasteiger partial charge < -0.3 is 10.2 Å². The summed E-state index contributed by atoms with van der Waals surface area (Å²) >= 11 is 0. The Morgan fingerprint density at radius 3 is 2.31 bits per heavy atom. The number of nitrogens with one attached hydrogen (secondary N) is 1. The third-order valence-corrected chi connectivity index (χ3v) is 6.54. The van der Waals surface area contributed by atoms with Gasteiger partial charge in [-0.05, 0) is 43.4 Å². The predicted octanol–water partition coefficient (Wildman–Crippen LogP) is 4.01. The third kappa shape index (κ3) is 4.19. The fraction of sp³-hybridized carbons (Fsp3) is 0.458. The van der Waals surface area contributed by atoms with E-state index in [0.29, 0.717) is 11.5 Å². The SMILES string of the molecule is CC(=O)N1CCC(c2ccc(C(=O)NC3(c4ccccc4)CCCC3)cn2)CC1. The van der Waals surface area contributed by atoms with Crippen LogP contribution < -0.4 is 5.32 Å². The summed E-state index contributed by atoms with van der Waals surface area (Å²) in [5.74, 6) is 0.442. The first-order chi connectivity index (χ1) is 14.1. The third-order valence-electron chi connectivity index (χ3n) is 6.54. The number of likely N-dealkylation sites (tertiary alicyclic amines) is 1. The van der Waals surface area contributed by atoms with Crippen molar-refractivity contribution in [2.75, 3.05) is 13.1 Å². The zero-order valence-corrected chi connectivity index (χ0v) is 17.1. The van der Waals surface area contributed by atoms with E-state index < -0.39 is 0 Å². The molecular weight excluding hydrogens is 362 g/mol. The summed E-state index contributed by atoms with van der Waals surface area (Å²) in [6, 6.07) is 14.2. The van der Waals surface area contributed by atoms with E-state index in [1.165, 1.54) is 5.56 Å². The quantitative estimate of drug-likeness (QED) is 0.857. The molecule has 1 aliphatic carbocycles. The molecule has 2 fully saturated rings. The van der Waals surface area contributed by atoms with Crippen LogP contribution in [-0.2, 0) is 10.3 Å². The average Bonchev–Trinajstić information content (AvgIpc) is 3.24. The van der Waals surface area contributed by atoms with Crippen LogP contribution in [0.4, 0.5) is 0 Å². The first kappa shape index (κ1) is 19.6. The number of hydrogen-bond acceptors (Lipinski definition) is 3. The summed E-state index contributed by atoms with van der Waals surface area (Å²) in [6.45, 7) is 3.19. The number of piperidine rings is 1. The van der Waals surface area contributed by atoms with Crippen molar-refractivity contribution >= 4 is 11.8 Å². The maximum Gasteiger partial charge on any atom is 0.253 e. The number of pyridine rings is 1. The van der Waals surface area contributed by atoms with Gasteiger partial charge in [0.2, 0.25) is 5.91 Å². The maximum atomic E-state index is 13.0. The van der Waals surface area contributed by atoms with Crippen LogP contribution in [0.3, 0.4) is 0 Å². The van der Waals surface area contributed by atoms with Crippen LogP contribution in [-0.4, -0.2) is 34.8 Å². The van der Waals surface area contributed by atoms with Crippen LogP contribution >= 0.6 is 0 Å². The van der Waals surface area contributed by atoms with Gasteiger partial charge in [0.15, 0.2) is 0 Å². The lowest BCUT2D eigenvalue weighted by atomic mass is 9.88. The largest absolute Gasteiger partial charge is 0.343 e. The summed E-state index contributed by atoms with van der Waals surface area (Å²) in [5.41, 5.74) is 2.55. The van der Waals surface area contributed by atoms with Crippen molar-refractivity contribution in [3.63, 3.8) is 0 Å². The number of amides is 2. The molecule has 0 spiro atoms. The summed E-state index contributed by atoms with van der Waals surface area (Å²) in [7, 11) is 0. The number of nitrogens with zero attached hydrogens (tertiary/aromatic N) is 2. The molecule has 0 radical (unpaired) electrons. The molecule has 1 N–H and O–H groups in total. The Balaban J connectivity index is 1.44. The van der Waals surface area contributed by atoms with E-state index in [0.717, 1.165) is 57.3 Å². The van der Waals surface area contributed by atoms with Crippen LogP contribution in [0, 0.1) is 0 Å². The van der Waals surface area contributed by atoms with Crippen LogP contribution in [0.25, 0.3) is 0 Å². The lowest BCUT2D eigenvalue weighted by molar-refractivity contribution is -0.129. The molecule has 152 valence electrons.